The smallest absolute Gasteiger partial charge is 0.226 e. The van der Waals surface area contributed by atoms with E-state index in [-0.39, 0.29) is 28.7 Å². The summed E-state index contributed by atoms with van der Waals surface area (Å²) in [6.45, 7) is 3.60. The standard InChI is InChI=1S/C14H20N2O3S2/c1-14(13-15-5-8-20-13)3-6-16(7-4-14)12(17)11-2-9-21(18,19)10-11/h5,8,11H,2-4,6-7,9-10H2,1H3/t11-/m0/s1. The van der Waals surface area contributed by atoms with Gasteiger partial charge in [-0.15, -0.1) is 11.3 Å². The van der Waals surface area contributed by atoms with Crippen molar-refractivity contribution in [2.75, 3.05) is 24.6 Å². The van der Waals surface area contributed by atoms with Crippen molar-refractivity contribution in [3.63, 3.8) is 0 Å². The first kappa shape index (κ1) is 15.0. The van der Waals surface area contributed by atoms with Gasteiger partial charge in [-0.3, -0.25) is 4.79 Å². The average molecular weight is 328 g/mol. The molecule has 0 N–H and O–H groups in total. The van der Waals surface area contributed by atoms with Gasteiger partial charge in [-0.25, -0.2) is 13.4 Å². The molecular formula is C14H20N2O3S2. The molecule has 21 heavy (non-hydrogen) atoms. The van der Waals surface area contributed by atoms with Crippen LogP contribution in [-0.2, 0) is 20.0 Å². The normalized spacial score (nSPS) is 27.7. The van der Waals surface area contributed by atoms with Gasteiger partial charge >= 0.3 is 0 Å². The van der Waals surface area contributed by atoms with Crippen molar-refractivity contribution >= 4 is 27.1 Å². The number of aromatic nitrogens is 1. The number of hydrogen-bond donors (Lipinski definition) is 0. The van der Waals surface area contributed by atoms with Gasteiger partial charge in [0.05, 0.1) is 22.4 Å². The second-order valence-corrected chi connectivity index (χ2v) is 9.45. The molecule has 0 unspecified atom stereocenters. The molecule has 0 bridgehead atoms. The van der Waals surface area contributed by atoms with E-state index in [1.165, 1.54) is 0 Å². The van der Waals surface area contributed by atoms with Gasteiger partial charge in [0.25, 0.3) is 0 Å². The molecule has 1 amide bonds. The van der Waals surface area contributed by atoms with Crippen molar-refractivity contribution in [3.8, 4) is 0 Å². The quantitative estimate of drug-likeness (QED) is 0.824. The van der Waals surface area contributed by atoms with Crippen molar-refractivity contribution in [1.82, 2.24) is 9.88 Å². The molecule has 0 aliphatic carbocycles. The summed E-state index contributed by atoms with van der Waals surface area (Å²) in [6, 6.07) is 0. The molecule has 0 radical (unpaired) electrons. The molecule has 3 rings (SSSR count). The van der Waals surface area contributed by atoms with Crippen LogP contribution in [0, 0.1) is 5.92 Å². The first-order valence-electron chi connectivity index (χ1n) is 7.29. The maximum atomic E-state index is 12.4. The van der Waals surface area contributed by atoms with Gasteiger partial charge in [0.1, 0.15) is 0 Å². The third-order valence-electron chi connectivity index (χ3n) is 4.71. The fraction of sp³-hybridized carbons (Fsp3) is 0.714. The van der Waals surface area contributed by atoms with Crippen molar-refractivity contribution in [2.45, 2.75) is 31.6 Å². The third-order valence-corrected chi connectivity index (χ3v) is 7.56. The van der Waals surface area contributed by atoms with E-state index in [0.29, 0.717) is 19.5 Å². The summed E-state index contributed by atoms with van der Waals surface area (Å²) in [4.78, 5) is 18.7. The minimum absolute atomic E-state index is 0.0252. The van der Waals surface area contributed by atoms with Crippen LogP contribution >= 0.6 is 11.3 Å². The van der Waals surface area contributed by atoms with Crippen molar-refractivity contribution in [1.29, 1.82) is 0 Å². The Kier molecular flexibility index (Phi) is 3.81. The van der Waals surface area contributed by atoms with Crippen LogP contribution in [0.5, 0.6) is 0 Å². The lowest BCUT2D eigenvalue weighted by molar-refractivity contribution is -0.136. The molecule has 5 nitrogen and oxygen atoms in total. The van der Waals surface area contributed by atoms with Crippen molar-refractivity contribution in [3.05, 3.63) is 16.6 Å². The molecule has 3 heterocycles. The minimum Gasteiger partial charge on any atom is -0.342 e. The highest BCUT2D eigenvalue weighted by Gasteiger charge is 2.39. The predicted octanol–water partition coefficient (Wildman–Crippen LogP) is 1.46. The number of piperidine rings is 1. The predicted molar refractivity (Wildman–Crippen MR) is 82.0 cm³/mol. The molecular weight excluding hydrogens is 308 g/mol. The second kappa shape index (κ2) is 5.35. The summed E-state index contributed by atoms with van der Waals surface area (Å²) in [5, 5.41) is 3.12. The number of sulfone groups is 1. The summed E-state index contributed by atoms with van der Waals surface area (Å²) in [5.74, 6) is -0.100. The zero-order valence-electron chi connectivity index (χ0n) is 12.1. The van der Waals surface area contributed by atoms with Gasteiger partial charge in [0.2, 0.25) is 5.91 Å². The van der Waals surface area contributed by atoms with E-state index in [0.717, 1.165) is 17.8 Å². The largest absolute Gasteiger partial charge is 0.342 e. The number of amides is 1. The molecule has 116 valence electrons. The van der Waals surface area contributed by atoms with E-state index in [4.69, 9.17) is 0 Å². The Hall–Kier alpha value is -0.950. The topological polar surface area (TPSA) is 67.3 Å². The molecule has 2 aliphatic heterocycles. The number of nitrogens with zero attached hydrogens (tertiary/aromatic N) is 2. The van der Waals surface area contributed by atoms with Crippen LogP contribution in [0.1, 0.15) is 31.2 Å². The average Bonchev–Trinajstić information content (AvgIpc) is 3.08. The van der Waals surface area contributed by atoms with Gasteiger partial charge in [0.15, 0.2) is 9.84 Å². The van der Waals surface area contributed by atoms with Gasteiger partial charge < -0.3 is 4.90 Å². The molecule has 2 aliphatic rings. The van der Waals surface area contributed by atoms with E-state index >= 15 is 0 Å². The lowest BCUT2D eigenvalue weighted by atomic mass is 9.80. The first-order valence-corrected chi connectivity index (χ1v) is 9.99. The summed E-state index contributed by atoms with van der Waals surface area (Å²) < 4.78 is 23.0. The SMILES string of the molecule is CC1(c2nccs2)CCN(C(=O)[C@H]2CCS(=O)(=O)C2)CC1. The molecule has 7 heteroatoms. The second-order valence-electron chi connectivity index (χ2n) is 6.32. The molecule has 0 aromatic carbocycles. The lowest BCUT2D eigenvalue weighted by Gasteiger charge is -2.39. The summed E-state index contributed by atoms with van der Waals surface area (Å²) in [7, 11) is -2.99. The Balaban J connectivity index is 1.62. The maximum absolute atomic E-state index is 12.4. The number of thiazole rings is 1. The Morgan fingerprint density at radius 2 is 2.14 bits per heavy atom. The summed E-state index contributed by atoms with van der Waals surface area (Å²) >= 11 is 1.67. The summed E-state index contributed by atoms with van der Waals surface area (Å²) in [5.41, 5.74) is 0.0483. The number of carbonyl (C=O) groups is 1. The molecule has 1 aromatic rings. The van der Waals surface area contributed by atoms with E-state index < -0.39 is 9.84 Å². The van der Waals surface area contributed by atoms with Crippen LogP contribution in [0.15, 0.2) is 11.6 Å². The van der Waals surface area contributed by atoms with Crippen LogP contribution in [-0.4, -0.2) is 48.8 Å². The van der Waals surface area contributed by atoms with E-state index in [1.54, 1.807) is 11.3 Å². The highest BCUT2D eigenvalue weighted by atomic mass is 32.2. The minimum atomic E-state index is -2.99. The lowest BCUT2D eigenvalue weighted by Crippen LogP contribution is -2.46. The van der Waals surface area contributed by atoms with Gasteiger partial charge in [-0.1, -0.05) is 6.92 Å². The highest BCUT2D eigenvalue weighted by Crippen LogP contribution is 2.36. The van der Waals surface area contributed by atoms with Gasteiger partial charge in [-0.2, -0.15) is 0 Å². The Morgan fingerprint density at radius 3 is 2.67 bits per heavy atom. The van der Waals surface area contributed by atoms with E-state index in [2.05, 4.69) is 11.9 Å². The molecule has 2 saturated heterocycles. The fourth-order valence-electron chi connectivity index (χ4n) is 3.20. The Morgan fingerprint density at radius 1 is 1.43 bits per heavy atom. The molecule has 0 spiro atoms. The monoisotopic (exact) mass is 328 g/mol. The number of hydrogen-bond acceptors (Lipinski definition) is 5. The molecule has 1 atom stereocenters. The third kappa shape index (κ3) is 2.99. The molecule has 0 saturated carbocycles. The number of carbonyl (C=O) groups excluding carboxylic acids is 1. The van der Waals surface area contributed by atoms with Crippen LogP contribution in [0.4, 0.5) is 0 Å². The van der Waals surface area contributed by atoms with E-state index in [9.17, 15) is 13.2 Å². The van der Waals surface area contributed by atoms with Gasteiger partial charge in [0, 0.05) is 30.1 Å². The zero-order chi connectivity index (χ0) is 15.1. The summed E-state index contributed by atoms with van der Waals surface area (Å²) in [6.07, 6.45) is 4.10. The Labute approximate surface area is 129 Å². The maximum Gasteiger partial charge on any atom is 0.226 e. The van der Waals surface area contributed by atoms with E-state index in [1.807, 2.05) is 16.5 Å². The van der Waals surface area contributed by atoms with Crippen LogP contribution in [0.25, 0.3) is 0 Å². The van der Waals surface area contributed by atoms with Crippen LogP contribution in [0.3, 0.4) is 0 Å². The molecule has 1 aromatic heterocycles. The van der Waals surface area contributed by atoms with Crippen molar-refractivity contribution < 1.29 is 13.2 Å². The van der Waals surface area contributed by atoms with Crippen molar-refractivity contribution in [2.24, 2.45) is 5.92 Å². The van der Waals surface area contributed by atoms with Crippen LogP contribution < -0.4 is 0 Å². The van der Waals surface area contributed by atoms with Gasteiger partial charge in [-0.05, 0) is 19.3 Å². The highest BCUT2D eigenvalue weighted by molar-refractivity contribution is 7.91. The fourth-order valence-corrected chi connectivity index (χ4v) is 5.80. The first-order chi connectivity index (χ1) is 9.90. The number of rotatable bonds is 2. The number of likely N-dealkylation sites (tertiary alicyclic amines) is 1. The Bertz CT molecular complexity index is 617. The zero-order valence-corrected chi connectivity index (χ0v) is 13.8. The van der Waals surface area contributed by atoms with Crippen LogP contribution in [0.2, 0.25) is 0 Å². The molecule has 2 fully saturated rings.